The summed E-state index contributed by atoms with van der Waals surface area (Å²) >= 11 is 5.75. The van der Waals surface area contributed by atoms with E-state index in [0.717, 1.165) is 32.9 Å². The fourth-order valence-corrected chi connectivity index (χ4v) is 3.97. The Morgan fingerprint density at radius 1 is 1.32 bits per heavy atom. The number of aromatic nitrogens is 4. The van der Waals surface area contributed by atoms with Gasteiger partial charge >= 0.3 is 0 Å². The number of hydrogen-bond donors (Lipinski definition) is 0. The summed E-state index contributed by atoms with van der Waals surface area (Å²) in [5, 5.41) is 14.0. The molecule has 0 aliphatic rings. The van der Waals surface area contributed by atoms with Crippen LogP contribution in [0.1, 0.15) is 12.7 Å². The Labute approximate surface area is 132 Å². The van der Waals surface area contributed by atoms with Gasteiger partial charge in [-0.3, -0.25) is 0 Å². The highest BCUT2D eigenvalue weighted by Gasteiger charge is 2.13. The van der Waals surface area contributed by atoms with E-state index in [9.17, 15) is 0 Å². The Balaban J connectivity index is 2.03. The van der Waals surface area contributed by atoms with Crippen molar-refractivity contribution in [2.24, 2.45) is 0 Å². The first-order valence-corrected chi connectivity index (χ1v) is 8.88. The Kier molecular flexibility index (Phi) is 4.04. The highest BCUT2D eigenvalue weighted by atomic mass is 127. The van der Waals surface area contributed by atoms with E-state index in [1.807, 2.05) is 28.4 Å². The van der Waals surface area contributed by atoms with Crippen LogP contribution in [0.25, 0.3) is 15.5 Å². The van der Waals surface area contributed by atoms with E-state index in [1.165, 1.54) is 3.57 Å². The summed E-state index contributed by atoms with van der Waals surface area (Å²) in [6.45, 7) is 2.14. The van der Waals surface area contributed by atoms with Crippen molar-refractivity contribution in [3.63, 3.8) is 0 Å². The molecule has 2 aromatic heterocycles. The average molecular weight is 402 g/mol. The van der Waals surface area contributed by atoms with Crippen molar-refractivity contribution >= 4 is 50.7 Å². The monoisotopic (exact) mass is 402 g/mol. The molecule has 19 heavy (non-hydrogen) atoms. The number of fused-ring (bicyclic) bond motifs is 1. The maximum Gasteiger partial charge on any atom is 0.235 e. The summed E-state index contributed by atoms with van der Waals surface area (Å²) in [4.78, 5) is 0.862. The van der Waals surface area contributed by atoms with Crippen LogP contribution in [0, 0.1) is 3.57 Å². The minimum atomic E-state index is 0.854. The third-order valence-corrected chi connectivity index (χ3v) is 5.34. The molecule has 0 radical (unpaired) electrons. The van der Waals surface area contributed by atoms with Crippen molar-refractivity contribution in [1.29, 1.82) is 0 Å². The van der Waals surface area contributed by atoms with Crippen molar-refractivity contribution in [3.05, 3.63) is 33.7 Å². The van der Waals surface area contributed by atoms with Crippen molar-refractivity contribution in [2.45, 2.75) is 12.7 Å². The van der Waals surface area contributed by atoms with E-state index in [1.54, 1.807) is 11.3 Å². The minimum Gasteiger partial charge on any atom is -0.186 e. The van der Waals surface area contributed by atoms with Crippen molar-refractivity contribution in [2.75, 3.05) is 5.75 Å². The van der Waals surface area contributed by atoms with Crippen LogP contribution in [0.4, 0.5) is 0 Å². The van der Waals surface area contributed by atoms with E-state index in [0.29, 0.717) is 0 Å². The Morgan fingerprint density at radius 2 is 2.16 bits per heavy atom. The second-order valence-electron chi connectivity index (χ2n) is 3.83. The fourth-order valence-electron chi connectivity index (χ4n) is 1.68. The van der Waals surface area contributed by atoms with Gasteiger partial charge in [-0.15, -0.1) is 10.2 Å². The van der Waals surface area contributed by atoms with Crippen LogP contribution in [0.15, 0.2) is 24.3 Å². The number of thioether (sulfide) groups is 1. The van der Waals surface area contributed by atoms with Crippen LogP contribution in [-0.4, -0.2) is 25.6 Å². The molecule has 7 heteroatoms. The molecule has 0 unspecified atom stereocenters. The summed E-state index contributed by atoms with van der Waals surface area (Å²) in [7, 11) is 0. The first kappa shape index (κ1) is 13.3. The zero-order chi connectivity index (χ0) is 13.2. The molecule has 4 nitrogen and oxygen atoms in total. The molecule has 0 amide bonds. The van der Waals surface area contributed by atoms with Gasteiger partial charge in [0, 0.05) is 9.13 Å². The molecule has 3 rings (SSSR count). The summed E-state index contributed by atoms with van der Waals surface area (Å²) < 4.78 is 3.07. The summed E-state index contributed by atoms with van der Waals surface area (Å²) in [6, 6.07) is 8.25. The largest absolute Gasteiger partial charge is 0.235 e. The number of nitrogens with zero attached hydrogens (tertiary/aromatic N) is 4. The molecule has 1 aromatic carbocycles. The van der Waals surface area contributed by atoms with Gasteiger partial charge in [0.15, 0.2) is 5.82 Å². The third-order valence-electron chi connectivity index (χ3n) is 2.59. The first-order valence-electron chi connectivity index (χ1n) is 5.83. The second-order valence-corrected chi connectivity index (χ2v) is 7.23. The highest BCUT2D eigenvalue weighted by Crippen LogP contribution is 2.29. The SMILES string of the molecule is CCSCc1nnc2sc(-c3ccccc3I)nn12. The van der Waals surface area contributed by atoms with Gasteiger partial charge in [-0.25, -0.2) is 0 Å². The standard InChI is InChI=1S/C12H11IN4S2/c1-2-18-7-10-14-15-12-17(10)16-11(19-12)8-5-3-4-6-9(8)13/h3-6H,2,7H2,1H3. The van der Waals surface area contributed by atoms with Crippen molar-refractivity contribution in [3.8, 4) is 10.6 Å². The van der Waals surface area contributed by atoms with Gasteiger partial charge in [0.25, 0.3) is 0 Å². The van der Waals surface area contributed by atoms with Crippen LogP contribution >= 0.6 is 45.7 Å². The molecule has 0 spiro atoms. The molecule has 2 heterocycles. The molecule has 0 N–H and O–H groups in total. The number of benzene rings is 1. The predicted octanol–water partition coefficient (Wildman–Crippen LogP) is 3.71. The predicted molar refractivity (Wildman–Crippen MR) is 88.6 cm³/mol. The number of hydrogen-bond acceptors (Lipinski definition) is 5. The minimum absolute atomic E-state index is 0.854. The van der Waals surface area contributed by atoms with E-state index in [-0.39, 0.29) is 0 Å². The lowest BCUT2D eigenvalue weighted by Gasteiger charge is -1.98. The highest BCUT2D eigenvalue weighted by molar-refractivity contribution is 14.1. The lowest BCUT2D eigenvalue weighted by Crippen LogP contribution is -1.94. The molecule has 0 fully saturated rings. The lowest BCUT2D eigenvalue weighted by atomic mass is 10.2. The van der Waals surface area contributed by atoms with Gasteiger partial charge in [0.2, 0.25) is 4.96 Å². The fraction of sp³-hybridized carbons (Fsp3) is 0.250. The second kappa shape index (κ2) is 5.76. The van der Waals surface area contributed by atoms with Crippen LogP contribution in [0.3, 0.4) is 0 Å². The van der Waals surface area contributed by atoms with Gasteiger partial charge in [-0.2, -0.15) is 21.4 Å². The lowest BCUT2D eigenvalue weighted by molar-refractivity contribution is 0.887. The topological polar surface area (TPSA) is 43.1 Å². The maximum atomic E-state index is 4.65. The van der Waals surface area contributed by atoms with Gasteiger partial charge in [-0.1, -0.05) is 36.5 Å². The molecule has 0 saturated carbocycles. The zero-order valence-corrected chi connectivity index (χ0v) is 14.0. The van der Waals surface area contributed by atoms with Gasteiger partial charge < -0.3 is 0 Å². The van der Waals surface area contributed by atoms with Gasteiger partial charge in [0.05, 0.1) is 5.75 Å². The summed E-state index contributed by atoms with van der Waals surface area (Å²) in [5.41, 5.74) is 1.16. The van der Waals surface area contributed by atoms with E-state index in [4.69, 9.17) is 0 Å². The van der Waals surface area contributed by atoms with E-state index >= 15 is 0 Å². The molecule has 0 bridgehead atoms. The smallest absolute Gasteiger partial charge is 0.186 e. The molecule has 3 aromatic rings. The molecular weight excluding hydrogens is 391 g/mol. The number of rotatable bonds is 4. The van der Waals surface area contributed by atoms with Gasteiger partial charge in [-0.05, 0) is 34.4 Å². The van der Waals surface area contributed by atoms with E-state index in [2.05, 4.69) is 56.9 Å². The Hall–Kier alpha value is -0.670. The molecule has 0 aliphatic carbocycles. The average Bonchev–Trinajstić information content (AvgIpc) is 2.97. The Morgan fingerprint density at radius 3 is 2.95 bits per heavy atom. The van der Waals surface area contributed by atoms with Crippen LogP contribution in [0.2, 0.25) is 0 Å². The van der Waals surface area contributed by atoms with Crippen molar-refractivity contribution < 1.29 is 0 Å². The molecule has 0 atom stereocenters. The molecular formula is C12H11IN4S2. The zero-order valence-electron chi connectivity index (χ0n) is 10.2. The maximum absolute atomic E-state index is 4.65. The first-order chi connectivity index (χ1) is 9.29. The van der Waals surface area contributed by atoms with E-state index < -0.39 is 0 Å². The Bertz CT molecular complexity index is 707. The summed E-state index contributed by atoms with van der Waals surface area (Å²) in [6.07, 6.45) is 0. The van der Waals surface area contributed by atoms with Crippen LogP contribution < -0.4 is 0 Å². The van der Waals surface area contributed by atoms with Crippen LogP contribution in [0.5, 0.6) is 0 Å². The number of halogens is 1. The quantitative estimate of drug-likeness (QED) is 0.624. The summed E-state index contributed by atoms with van der Waals surface area (Å²) in [5.74, 6) is 2.85. The molecule has 0 aliphatic heterocycles. The van der Waals surface area contributed by atoms with Crippen LogP contribution in [-0.2, 0) is 5.75 Å². The molecule has 98 valence electrons. The van der Waals surface area contributed by atoms with Gasteiger partial charge in [0.1, 0.15) is 5.01 Å². The third kappa shape index (κ3) is 2.63. The normalized spacial score (nSPS) is 11.3. The van der Waals surface area contributed by atoms with Crippen molar-refractivity contribution in [1.82, 2.24) is 19.8 Å². The molecule has 0 saturated heterocycles.